The van der Waals surface area contributed by atoms with E-state index in [1.807, 2.05) is 4.90 Å². The lowest BCUT2D eigenvalue weighted by Crippen LogP contribution is -2.59. The number of methoxy groups -OCH3 is 1. The quantitative estimate of drug-likeness (QED) is 0.735. The number of hydrogen-bond donors (Lipinski definition) is 1. The summed E-state index contributed by atoms with van der Waals surface area (Å²) in [6, 6.07) is 1.06. The molecule has 2 fully saturated rings. The van der Waals surface area contributed by atoms with Crippen LogP contribution < -0.4 is 5.32 Å². The third-order valence-electron chi connectivity index (χ3n) is 3.33. The number of piperazine rings is 1. The summed E-state index contributed by atoms with van der Waals surface area (Å²) in [6.07, 6.45) is 4.26. The first-order valence-electron chi connectivity index (χ1n) is 5.82. The fourth-order valence-corrected chi connectivity index (χ4v) is 2.56. The maximum atomic E-state index is 11.8. The summed E-state index contributed by atoms with van der Waals surface area (Å²) in [5.41, 5.74) is 0. The number of rotatable bonds is 3. The normalized spacial score (nSPS) is 30.3. The summed E-state index contributed by atoms with van der Waals surface area (Å²) >= 11 is 0. The molecule has 2 heterocycles. The minimum Gasteiger partial charge on any atom is -0.384 e. The van der Waals surface area contributed by atoms with Gasteiger partial charge in [-0.25, -0.2) is 0 Å². The number of piperidine rings is 1. The highest BCUT2D eigenvalue weighted by molar-refractivity contribution is 5.76. The molecule has 15 heavy (non-hydrogen) atoms. The molecule has 2 unspecified atom stereocenters. The van der Waals surface area contributed by atoms with Gasteiger partial charge in [-0.1, -0.05) is 6.42 Å². The number of fused-ring (bicyclic) bond motifs is 2. The number of carbonyl (C=O) groups is 1. The molecule has 0 aliphatic carbocycles. The summed E-state index contributed by atoms with van der Waals surface area (Å²) in [6.45, 7) is 2.32. The van der Waals surface area contributed by atoms with E-state index in [0.717, 1.165) is 13.1 Å². The zero-order chi connectivity index (χ0) is 10.7. The third-order valence-corrected chi connectivity index (χ3v) is 3.33. The molecule has 1 amide bonds. The lowest BCUT2D eigenvalue weighted by atomic mass is 9.94. The van der Waals surface area contributed by atoms with Crippen LogP contribution in [0.15, 0.2) is 0 Å². The van der Waals surface area contributed by atoms with E-state index < -0.39 is 0 Å². The Kier molecular flexibility index (Phi) is 3.59. The molecule has 1 N–H and O–H groups in total. The van der Waals surface area contributed by atoms with Crippen LogP contribution in [0.2, 0.25) is 0 Å². The van der Waals surface area contributed by atoms with Crippen molar-refractivity contribution in [1.29, 1.82) is 0 Å². The molecule has 86 valence electrons. The van der Waals surface area contributed by atoms with Crippen molar-refractivity contribution in [1.82, 2.24) is 10.2 Å². The van der Waals surface area contributed by atoms with E-state index in [4.69, 9.17) is 4.74 Å². The van der Waals surface area contributed by atoms with Crippen molar-refractivity contribution in [3.05, 3.63) is 0 Å². The Bertz CT molecular complexity index is 221. The minimum absolute atomic E-state index is 0.246. The van der Waals surface area contributed by atoms with Crippen molar-refractivity contribution in [2.45, 2.75) is 37.8 Å². The average Bonchev–Trinajstić information content (AvgIpc) is 2.25. The van der Waals surface area contributed by atoms with Gasteiger partial charge in [-0.3, -0.25) is 4.79 Å². The Balaban J connectivity index is 1.85. The topological polar surface area (TPSA) is 41.6 Å². The molecule has 0 aromatic rings. The molecular formula is C11H20N2O2. The molecule has 4 nitrogen and oxygen atoms in total. The molecule has 2 rings (SSSR count). The van der Waals surface area contributed by atoms with Gasteiger partial charge in [-0.2, -0.15) is 0 Å². The highest BCUT2D eigenvalue weighted by Crippen LogP contribution is 2.19. The third kappa shape index (κ3) is 2.69. The second-order valence-electron chi connectivity index (χ2n) is 4.53. The van der Waals surface area contributed by atoms with Gasteiger partial charge in [0.05, 0.1) is 13.0 Å². The van der Waals surface area contributed by atoms with Crippen LogP contribution in [0, 0.1) is 0 Å². The number of nitrogens with one attached hydrogen (secondary N) is 1. The Labute approximate surface area is 91.0 Å². The average molecular weight is 212 g/mol. The first-order chi connectivity index (χ1) is 7.29. The second-order valence-corrected chi connectivity index (χ2v) is 4.53. The Morgan fingerprint density at radius 1 is 1.40 bits per heavy atom. The lowest BCUT2D eigenvalue weighted by Gasteiger charge is -2.42. The fraction of sp³-hybridized carbons (Fsp3) is 0.909. The molecule has 0 radical (unpaired) electrons. The first-order valence-corrected chi connectivity index (χ1v) is 5.82. The monoisotopic (exact) mass is 212 g/mol. The largest absolute Gasteiger partial charge is 0.384 e. The summed E-state index contributed by atoms with van der Waals surface area (Å²) in [5.74, 6) is 0.246. The Hall–Kier alpha value is -0.610. The van der Waals surface area contributed by atoms with Gasteiger partial charge in [-0.05, 0) is 12.8 Å². The van der Waals surface area contributed by atoms with Gasteiger partial charge in [0.2, 0.25) is 5.91 Å². The molecule has 0 spiro atoms. The van der Waals surface area contributed by atoms with Crippen LogP contribution in [0.4, 0.5) is 0 Å². The number of likely N-dealkylation sites (tertiary alicyclic amines) is 1. The van der Waals surface area contributed by atoms with E-state index in [1.165, 1.54) is 19.3 Å². The van der Waals surface area contributed by atoms with Crippen molar-refractivity contribution in [3.63, 3.8) is 0 Å². The van der Waals surface area contributed by atoms with Crippen molar-refractivity contribution in [2.75, 3.05) is 26.8 Å². The standard InChI is InChI=1S/C11H20N2O2/c1-15-6-5-11(14)13-7-9-3-2-4-10(8-13)12-9/h9-10,12H,2-8H2,1H3. The van der Waals surface area contributed by atoms with Crippen molar-refractivity contribution in [3.8, 4) is 0 Å². The van der Waals surface area contributed by atoms with E-state index in [2.05, 4.69) is 5.32 Å². The van der Waals surface area contributed by atoms with Gasteiger partial charge < -0.3 is 15.0 Å². The van der Waals surface area contributed by atoms with Gasteiger partial charge in [-0.15, -0.1) is 0 Å². The van der Waals surface area contributed by atoms with Crippen LogP contribution >= 0.6 is 0 Å². The SMILES string of the molecule is COCCC(=O)N1CC2CCCC(C1)N2. The Morgan fingerprint density at radius 3 is 2.67 bits per heavy atom. The van der Waals surface area contributed by atoms with Gasteiger partial charge in [0.15, 0.2) is 0 Å². The molecule has 4 heteroatoms. The van der Waals surface area contributed by atoms with Crippen molar-refractivity contribution < 1.29 is 9.53 Å². The zero-order valence-electron chi connectivity index (χ0n) is 9.37. The van der Waals surface area contributed by atoms with Gasteiger partial charge in [0, 0.05) is 32.3 Å². The van der Waals surface area contributed by atoms with Gasteiger partial charge in [0.1, 0.15) is 0 Å². The molecule has 2 aliphatic heterocycles. The zero-order valence-corrected chi connectivity index (χ0v) is 9.37. The summed E-state index contributed by atoms with van der Waals surface area (Å²) in [7, 11) is 1.64. The summed E-state index contributed by atoms with van der Waals surface area (Å²) in [4.78, 5) is 13.8. The molecule has 2 bridgehead atoms. The first kappa shape index (κ1) is 10.9. The fourth-order valence-electron chi connectivity index (χ4n) is 2.56. The molecule has 0 aromatic heterocycles. The molecule has 2 aliphatic rings. The van der Waals surface area contributed by atoms with Crippen LogP contribution in [0.25, 0.3) is 0 Å². The highest BCUT2D eigenvalue weighted by atomic mass is 16.5. The lowest BCUT2D eigenvalue weighted by molar-refractivity contribution is -0.134. The molecule has 2 saturated heterocycles. The highest BCUT2D eigenvalue weighted by Gasteiger charge is 2.31. The smallest absolute Gasteiger partial charge is 0.224 e. The second kappa shape index (κ2) is 4.94. The maximum absolute atomic E-state index is 11.8. The number of ether oxygens (including phenoxy) is 1. The molecule has 2 atom stereocenters. The van der Waals surface area contributed by atoms with Crippen LogP contribution in [-0.2, 0) is 9.53 Å². The summed E-state index contributed by atoms with van der Waals surface area (Å²) in [5, 5.41) is 3.57. The van der Waals surface area contributed by atoms with E-state index in [1.54, 1.807) is 7.11 Å². The van der Waals surface area contributed by atoms with E-state index in [-0.39, 0.29) is 5.91 Å². The van der Waals surface area contributed by atoms with E-state index in [0.29, 0.717) is 25.1 Å². The van der Waals surface area contributed by atoms with Crippen LogP contribution in [0.1, 0.15) is 25.7 Å². The van der Waals surface area contributed by atoms with Gasteiger partial charge >= 0.3 is 0 Å². The van der Waals surface area contributed by atoms with E-state index in [9.17, 15) is 4.79 Å². The summed E-state index contributed by atoms with van der Waals surface area (Å²) < 4.78 is 4.93. The molecular weight excluding hydrogens is 192 g/mol. The predicted molar refractivity (Wildman–Crippen MR) is 57.6 cm³/mol. The molecule has 0 aromatic carbocycles. The maximum Gasteiger partial charge on any atom is 0.224 e. The van der Waals surface area contributed by atoms with Crippen molar-refractivity contribution in [2.24, 2.45) is 0 Å². The van der Waals surface area contributed by atoms with Crippen molar-refractivity contribution >= 4 is 5.91 Å². The van der Waals surface area contributed by atoms with Crippen LogP contribution in [0.5, 0.6) is 0 Å². The van der Waals surface area contributed by atoms with Crippen LogP contribution in [0.3, 0.4) is 0 Å². The number of hydrogen-bond acceptors (Lipinski definition) is 3. The predicted octanol–water partition coefficient (Wildman–Crippen LogP) is 0.376. The van der Waals surface area contributed by atoms with Gasteiger partial charge in [0.25, 0.3) is 0 Å². The number of carbonyl (C=O) groups excluding carboxylic acids is 1. The van der Waals surface area contributed by atoms with Crippen LogP contribution in [-0.4, -0.2) is 49.7 Å². The Morgan fingerprint density at radius 2 is 2.07 bits per heavy atom. The van der Waals surface area contributed by atoms with E-state index >= 15 is 0 Å². The minimum atomic E-state index is 0.246. The number of nitrogens with zero attached hydrogens (tertiary/aromatic N) is 1. The molecule has 0 saturated carbocycles. The number of amides is 1.